The molecule has 0 spiro atoms. The molecule has 0 fully saturated rings. The van der Waals surface area contributed by atoms with E-state index < -0.39 is 16.2 Å². The maximum Gasteiger partial charge on any atom is 0.344 e. The van der Waals surface area contributed by atoms with Crippen LogP contribution in [0.5, 0.6) is 0 Å². The Morgan fingerprint density at radius 3 is 2.68 bits per heavy atom. The van der Waals surface area contributed by atoms with Gasteiger partial charge in [0.1, 0.15) is 0 Å². The van der Waals surface area contributed by atoms with Gasteiger partial charge >= 0.3 is 16.2 Å². The number of ether oxygens (including phenoxy) is 1. The molecule has 0 bridgehead atoms. The first-order chi connectivity index (χ1) is 8.88. The molecule has 19 heavy (non-hydrogen) atoms. The van der Waals surface area contributed by atoms with Crippen LogP contribution in [0.2, 0.25) is 0 Å². The van der Waals surface area contributed by atoms with Crippen LogP contribution in [0.15, 0.2) is 16.2 Å². The van der Waals surface area contributed by atoms with Crippen LogP contribution in [-0.2, 0) is 19.7 Å². The lowest BCUT2D eigenvalue weighted by molar-refractivity contribution is -0.138. The predicted molar refractivity (Wildman–Crippen MR) is 73.0 cm³/mol. The lowest BCUT2D eigenvalue weighted by Gasteiger charge is -2.19. The SMILES string of the molecule is CCCCCCOC(=O)C1=CN(C)S(=O)(=O)N=C1C. The highest BCUT2D eigenvalue weighted by Gasteiger charge is 2.26. The Balaban J connectivity index is 2.56. The fraction of sp³-hybridized carbons (Fsp3) is 0.667. The van der Waals surface area contributed by atoms with Crippen molar-refractivity contribution in [3.8, 4) is 0 Å². The van der Waals surface area contributed by atoms with E-state index >= 15 is 0 Å². The molecule has 0 amide bonds. The van der Waals surface area contributed by atoms with E-state index in [1.54, 1.807) is 0 Å². The summed E-state index contributed by atoms with van der Waals surface area (Å²) >= 11 is 0. The van der Waals surface area contributed by atoms with Crippen LogP contribution in [-0.4, -0.2) is 38.1 Å². The molecule has 0 aromatic rings. The number of carbonyl (C=O) groups is 1. The first-order valence-electron chi connectivity index (χ1n) is 6.32. The van der Waals surface area contributed by atoms with Gasteiger partial charge in [-0.2, -0.15) is 8.42 Å². The first kappa shape index (κ1) is 15.7. The smallest absolute Gasteiger partial charge is 0.344 e. The summed E-state index contributed by atoms with van der Waals surface area (Å²) in [5.74, 6) is -0.528. The Kier molecular flexibility index (Phi) is 5.53. The van der Waals surface area contributed by atoms with Crippen molar-refractivity contribution in [3.63, 3.8) is 0 Å². The third-order valence-corrected chi connectivity index (χ3v) is 4.11. The molecule has 6 nitrogen and oxygen atoms in total. The van der Waals surface area contributed by atoms with Crippen LogP contribution in [0.25, 0.3) is 0 Å². The molecule has 1 aliphatic rings. The van der Waals surface area contributed by atoms with Crippen LogP contribution in [0.3, 0.4) is 0 Å². The number of hydrogen-bond donors (Lipinski definition) is 0. The molecule has 0 atom stereocenters. The van der Waals surface area contributed by atoms with Gasteiger partial charge in [-0.25, -0.2) is 4.79 Å². The third kappa shape index (κ3) is 4.34. The number of unbranched alkanes of at least 4 members (excludes halogenated alkanes) is 3. The molecule has 0 saturated heterocycles. The van der Waals surface area contributed by atoms with E-state index in [2.05, 4.69) is 11.3 Å². The number of nitrogens with zero attached hydrogens (tertiary/aromatic N) is 2. The lowest BCUT2D eigenvalue weighted by atomic mass is 10.2. The fourth-order valence-electron chi connectivity index (χ4n) is 1.60. The fourth-order valence-corrected chi connectivity index (χ4v) is 2.41. The minimum Gasteiger partial charge on any atom is -0.462 e. The average molecular weight is 288 g/mol. The summed E-state index contributed by atoms with van der Waals surface area (Å²) in [5.41, 5.74) is 0.351. The highest BCUT2D eigenvalue weighted by Crippen LogP contribution is 2.15. The Hall–Kier alpha value is -1.37. The van der Waals surface area contributed by atoms with Crippen molar-refractivity contribution in [3.05, 3.63) is 11.8 Å². The van der Waals surface area contributed by atoms with Gasteiger partial charge in [0.15, 0.2) is 0 Å². The van der Waals surface area contributed by atoms with E-state index in [1.165, 1.54) is 20.2 Å². The molecule has 0 aromatic heterocycles. The molecule has 1 heterocycles. The second kappa shape index (κ2) is 6.70. The van der Waals surface area contributed by atoms with Gasteiger partial charge in [0.2, 0.25) is 0 Å². The van der Waals surface area contributed by atoms with Gasteiger partial charge in [-0.3, -0.25) is 4.31 Å². The zero-order valence-electron chi connectivity index (χ0n) is 11.5. The molecule has 0 radical (unpaired) electrons. The van der Waals surface area contributed by atoms with Crippen molar-refractivity contribution in [1.29, 1.82) is 0 Å². The van der Waals surface area contributed by atoms with Gasteiger partial charge in [-0.15, -0.1) is 4.40 Å². The van der Waals surface area contributed by atoms with E-state index in [-0.39, 0.29) is 11.3 Å². The molecule has 0 unspecified atom stereocenters. The van der Waals surface area contributed by atoms with E-state index in [4.69, 9.17) is 4.74 Å². The summed E-state index contributed by atoms with van der Waals surface area (Å²) in [6, 6.07) is 0. The average Bonchev–Trinajstić information content (AvgIpc) is 2.32. The van der Waals surface area contributed by atoms with Crippen LogP contribution in [0.4, 0.5) is 0 Å². The summed E-state index contributed by atoms with van der Waals surface area (Å²) in [5, 5.41) is 0. The summed E-state index contributed by atoms with van der Waals surface area (Å²) < 4.78 is 32.4. The highest BCUT2D eigenvalue weighted by molar-refractivity contribution is 7.88. The second-order valence-corrected chi connectivity index (χ2v) is 6.06. The maximum absolute atomic E-state index is 11.8. The Morgan fingerprint density at radius 2 is 2.05 bits per heavy atom. The minimum absolute atomic E-state index is 0.164. The van der Waals surface area contributed by atoms with Gasteiger partial charge in [-0.1, -0.05) is 26.2 Å². The van der Waals surface area contributed by atoms with Gasteiger partial charge in [0, 0.05) is 13.2 Å². The van der Waals surface area contributed by atoms with Crippen LogP contribution >= 0.6 is 0 Å². The molecule has 0 aliphatic carbocycles. The Morgan fingerprint density at radius 1 is 1.37 bits per heavy atom. The van der Waals surface area contributed by atoms with Gasteiger partial charge in [0.05, 0.1) is 17.9 Å². The molecular weight excluding hydrogens is 268 g/mol. The largest absolute Gasteiger partial charge is 0.462 e. The molecule has 0 N–H and O–H groups in total. The molecule has 0 saturated carbocycles. The predicted octanol–water partition coefficient (Wildman–Crippen LogP) is 1.64. The standard InChI is InChI=1S/C12H20N2O4S/c1-4-5-6-7-8-18-12(15)11-9-14(3)19(16,17)13-10(11)2/h9H,4-8H2,1-3H3. The van der Waals surface area contributed by atoms with Crippen LogP contribution in [0.1, 0.15) is 39.5 Å². The Labute approximate surface area is 114 Å². The summed E-state index contributed by atoms with van der Waals surface area (Å²) in [4.78, 5) is 11.8. The third-order valence-electron chi connectivity index (χ3n) is 2.77. The van der Waals surface area contributed by atoms with Crippen LogP contribution in [0, 0.1) is 0 Å². The van der Waals surface area contributed by atoms with E-state index in [1.807, 2.05) is 0 Å². The minimum atomic E-state index is -3.67. The highest BCUT2D eigenvalue weighted by atomic mass is 32.2. The van der Waals surface area contributed by atoms with Crippen LogP contribution < -0.4 is 0 Å². The number of rotatable bonds is 6. The van der Waals surface area contributed by atoms with Crippen molar-refractivity contribution in [1.82, 2.24) is 4.31 Å². The maximum atomic E-state index is 11.8. The zero-order chi connectivity index (χ0) is 14.5. The number of hydrogen-bond acceptors (Lipinski definition) is 4. The number of carbonyl (C=O) groups excluding carboxylic acids is 1. The first-order valence-corrected chi connectivity index (χ1v) is 7.72. The molecule has 1 aliphatic heterocycles. The van der Waals surface area contributed by atoms with Gasteiger partial charge < -0.3 is 4.74 Å². The van der Waals surface area contributed by atoms with Crippen molar-refractivity contribution in [2.24, 2.45) is 4.40 Å². The van der Waals surface area contributed by atoms with Crippen molar-refractivity contribution in [2.45, 2.75) is 39.5 Å². The lowest BCUT2D eigenvalue weighted by Crippen LogP contribution is -2.29. The van der Waals surface area contributed by atoms with E-state index in [0.717, 1.165) is 30.0 Å². The molecule has 7 heteroatoms. The summed E-state index contributed by atoms with van der Waals surface area (Å²) in [6.45, 7) is 3.93. The quantitative estimate of drug-likeness (QED) is 0.550. The van der Waals surface area contributed by atoms with Crippen molar-refractivity contribution < 1.29 is 17.9 Å². The van der Waals surface area contributed by atoms with Crippen molar-refractivity contribution in [2.75, 3.05) is 13.7 Å². The van der Waals surface area contributed by atoms with E-state index in [0.29, 0.717) is 6.61 Å². The van der Waals surface area contributed by atoms with Gasteiger partial charge in [0.25, 0.3) is 0 Å². The normalized spacial score (nSPS) is 17.7. The molecule has 0 aromatic carbocycles. The molecular formula is C12H20N2O4S. The molecule has 108 valence electrons. The van der Waals surface area contributed by atoms with Gasteiger partial charge in [-0.05, 0) is 13.3 Å². The topological polar surface area (TPSA) is 76.0 Å². The number of esters is 1. The molecule has 1 rings (SSSR count). The van der Waals surface area contributed by atoms with Crippen molar-refractivity contribution >= 4 is 21.9 Å². The monoisotopic (exact) mass is 288 g/mol. The Bertz CT molecular complexity index is 494. The summed E-state index contributed by atoms with van der Waals surface area (Å²) in [7, 11) is -2.34. The van der Waals surface area contributed by atoms with E-state index in [9.17, 15) is 13.2 Å². The second-order valence-electron chi connectivity index (χ2n) is 4.41. The summed E-state index contributed by atoms with van der Waals surface area (Å²) in [6.07, 6.45) is 5.31. The zero-order valence-corrected chi connectivity index (χ0v) is 12.4.